The lowest BCUT2D eigenvalue weighted by molar-refractivity contribution is -0.133. The van der Waals surface area contributed by atoms with Gasteiger partial charge >= 0.3 is 0 Å². The zero-order valence-electron chi connectivity index (χ0n) is 25.1. The van der Waals surface area contributed by atoms with E-state index in [0.717, 1.165) is 23.2 Å². The lowest BCUT2D eigenvalue weighted by Gasteiger charge is -2.38. The van der Waals surface area contributed by atoms with Gasteiger partial charge in [-0.3, -0.25) is 14.4 Å². The molecule has 1 atom stereocenters. The van der Waals surface area contributed by atoms with Gasteiger partial charge in [-0.25, -0.2) is 4.39 Å². The van der Waals surface area contributed by atoms with Crippen LogP contribution in [0.5, 0.6) is 0 Å². The lowest BCUT2D eigenvalue weighted by Crippen LogP contribution is -2.50. The molecular formula is C36H37FN4O3. The summed E-state index contributed by atoms with van der Waals surface area (Å²) in [5.41, 5.74) is 3.47. The van der Waals surface area contributed by atoms with Crippen LogP contribution in [0.25, 0.3) is 0 Å². The quantitative estimate of drug-likeness (QED) is 0.252. The SMILES string of the molecule is CCC(C(=O)N1CCN(c2ccc(NC(=O)c3ccccc3F)cc2C(=O)N(C)Cc2ccccc2)CC1)c1ccccc1. The average Bonchev–Trinajstić information content (AvgIpc) is 3.06. The van der Waals surface area contributed by atoms with Crippen molar-refractivity contribution in [2.75, 3.05) is 43.4 Å². The Hall–Kier alpha value is -4.98. The molecule has 4 aromatic rings. The van der Waals surface area contributed by atoms with Crippen molar-refractivity contribution in [1.82, 2.24) is 9.80 Å². The summed E-state index contributed by atoms with van der Waals surface area (Å²) in [4.78, 5) is 45.9. The first-order valence-electron chi connectivity index (χ1n) is 14.9. The summed E-state index contributed by atoms with van der Waals surface area (Å²) in [6.07, 6.45) is 0.718. The number of carbonyl (C=O) groups excluding carboxylic acids is 3. The summed E-state index contributed by atoms with van der Waals surface area (Å²) in [7, 11) is 1.74. The molecule has 44 heavy (non-hydrogen) atoms. The highest BCUT2D eigenvalue weighted by Crippen LogP contribution is 2.29. The Morgan fingerprint density at radius 1 is 0.818 bits per heavy atom. The number of nitrogens with zero attached hydrogens (tertiary/aromatic N) is 3. The molecule has 0 saturated carbocycles. The predicted octanol–water partition coefficient (Wildman–Crippen LogP) is 6.19. The fourth-order valence-corrected chi connectivity index (χ4v) is 5.67. The maximum absolute atomic E-state index is 14.3. The summed E-state index contributed by atoms with van der Waals surface area (Å²) < 4.78 is 14.3. The summed E-state index contributed by atoms with van der Waals surface area (Å²) in [6.45, 7) is 4.61. The molecule has 4 aromatic carbocycles. The van der Waals surface area contributed by atoms with Gasteiger partial charge in [-0.05, 0) is 47.9 Å². The molecule has 226 valence electrons. The molecule has 8 heteroatoms. The third kappa shape index (κ3) is 6.97. The number of anilines is 2. The molecule has 0 bridgehead atoms. The van der Waals surface area contributed by atoms with Crippen LogP contribution in [0, 0.1) is 5.82 Å². The molecule has 5 rings (SSSR count). The molecule has 1 aliphatic rings. The number of hydrogen-bond acceptors (Lipinski definition) is 4. The van der Waals surface area contributed by atoms with E-state index < -0.39 is 11.7 Å². The van der Waals surface area contributed by atoms with E-state index in [9.17, 15) is 18.8 Å². The van der Waals surface area contributed by atoms with E-state index in [1.54, 1.807) is 30.1 Å². The Balaban J connectivity index is 1.37. The molecule has 7 nitrogen and oxygen atoms in total. The topological polar surface area (TPSA) is 73.0 Å². The van der Waals surface area contributed by atoms with Crippen molar-refractivity contribution < 1.29 is 18.8 Å². The summed E-state index contributed by atoms with van der Waals surface area (Å²) in [5, 5.41) is 2.75. The monoisotopic (exact) mass is 592 g/mol. The van der Waals surface area contributed by atoms with Crippen molar-refractivity contribution in [2.24, 2.45) is 0 Å². The van der Waals surface area contributed by atoms with Crippen molar-refractivity contribution in [3.05, 3.63) is 131 Å². The van der Waals surface area contributed by atoms with Crippen molar-refractivity contribution >= 4 is 29.1 Å². The minimum absolute atomic E-state index is 0.0766. The molecule has 1 fully saturated rings. The number of nitrogens with one attached hydrogen (secondary N) is 1. The van der Waals surface area contributed by atoms with Gasteiger partial charge in [0.1, 0.15) is 5.82 Å². The van der Waals surface area contributed by atoms with Gasteiger partial charge in [-0.2, -0.15) is 0 Å². The molecule has 0 spiro atoms. The Labute approximate surface area is 257 Å². The van der Waals surface area contributed by atoms with Gasteiger partial charge in [-0.15, -0.1) is 0 Å². The van der Waals surface area contributed by atoms with Crippen LogP contribution >= 0.6 is 0 Å². The van der Waals surface area contributed by atoms with Crippen LogP contribution in [0.15, 0.2) is 103 Å². The number of halogens is 1. The Kier molecular flexibility index (Phi) is 9.69. The minimum Gasteiger partial charge on any atom is -0.367 e. The molecule has 1 heterocycles. The second-order valence-electron chi connectivity index (χ2n) is 11.0. The number of carbonyl (C=O) groups is 3. The normalized spacial score (nSPS) is 13.7. The highest BCUT2D eigenvalue weighted by atomic mass is 19.1. The van der Waals surface area contributed by atoms with Gasteiger partial charge in [0.25, 0.3) is 11.8 Å². The first-order valence-corrected chi connectivity index (χ1v) is 14.9. The highest BCUT2D eigenvalue weighted by molar-refractivity contribution is 6.06. The number of amides is 3. The van der Waals surface area contributed by atoms with Crippen LogP contribution < -0.4 is 10.2 Å². The average molecular weight is 593 g/mol. The number of rotatable bonds is 9. The zero-order chi connectivity index (χ0) is 31.1. The van der Waals surface area contributed by atoms with E-state index in [2.05, 4.69) is 10.2 Å². The first kappa shape index (κ1) is 30.5. The maximum Gasteiger partial charge on any atom is 0.258 e. The van der Waals surface area contributed by atoms with Crippen molar-refractivity contribution in [3.8, 4) is 0 Å². The van der Waals surface area contributed by atoms with Crippen molar-refractivity contribution in [2.45, 2.75) is 25.8 Å². The van der Waals surface area contributed by atoms with Gasteiger partial charge in [-0.1, -0.05) is 79.7 Å². The molecular weight excluding hydrogens is 555 g/mol. The number of hydrogen-bond donors (Lipinski definition) is 1. The third-order valence-corrected chi connectivity index (χ3v) is 8.05. The molecule has 1 unspecified atom stereocenters. The molecule has 3 amide bonds. The van der Waals surface area contributed by atoms with E-state index in [4.69, 9.17) is 0 Å². The fraction of sp³-hybridized carbons (Fsp3) is 0.250. The summed E-state index contributed by atoms with van der Waals surface area (Å²) >= 11 is 0. The summed E-state index contributed by atoms with van der Waals surface area (Å²) in [6, 6.07) is 30.5. The minimum atomic E-state index is -0.620. The predicted molar refractivity (Wildman–Crippen MR) is 171 cm³/mol. The molecule has 1 N–H and O–H groups in total. The standard InChI is InChI=1S/C36H37FN4O3/c1-3-29(27-14-8-5-9-15-27)36(44)41-22-20-40(21-23-41)33-19-18-28(38-34(42)30-16-10-11-17-32(30)37)24-31(33)35(43)39(2)25-26-12-6-4-7-13-26/h4-19,24,29H,3,20-23,25H2,1-2H3,(H,38,42). The van der Waals surface area contributed by atoms with E-state index in [1.165, 1.54) is 18.2 Å². The Morgan fingerprint density at radius 2 is 1.45 bits per heavy atom. The molecule has 1 saturated heterocycles. The molecule has 0 aromatic heterocycles. The third-order valence-electron chi connectivity index (χ3n) is 8.05. The number of benzene rings is 4. The maximum atomic E-state index is 14.3. The van der Waals surface area contributed by atoms with Gasteiger partial charge < -0.3 is 20.0 Å². The van der Waals surface area contributed by atoms with Crippen LogP contribution in [-0.2, 0) is 11.3 Å². The summed E-state index contributed by atoms with van der Waals surface area (Å²) in [5.74, 6) is -1.50. The van der Waals surface area contributed by atoms with Gasteiger partial charge in [0.05, 0.1) is 17.0 Å². The number of piperazine rings is 1. The van der Waals surface area contributed by atoms with E-state index >= 15 is 0 Å². The smallest absolute Gasteiger partial charge is 0.258 e. The van der Waals surface area contributed by atoms with Crippen LogP contribution in [0.4, 0.5) is 15.8 Å². The highest BCUT2D eigenvalue weighted by Gasteiger charge is 2.29. The molecule has 0 radical (unpaired) electrons. The Morgan fingerprint density at radius 3 is 2.11 bits per heavy atom. The second kappa shape index (κ2) is 14.0. The second-order valence-corrected chi connectivity index (χ2v) is 11.0. The molecule has 0 aliphatic carbocycles. The van der Waals surface area contributed by atoms with Crippen molar-refractivity contribution in [3.63, 3.8) is 0 Å². The largest absolute Gasteiger partial charge is 0.367 e. The van der Waals surface area contributed by atoms with E-state index in [-0.39, 0.29) is 23.3 Å². The zero-order valence-corrected chi connectivity index (χ0v) is 25.1. The van der Waals surface area contributed by atoms with Gasteiger partial charge in [0.2, 0.25) is 5.91 Å². The molecule has 1 aliphatic heterocycles. The first-order chi connectivity index (χ1) is 21.4. The van der Waals surface area contributed by atoms with E-state index in [0.29, 0.717) is 44.0 Å². The fourth-order valence-electron chi connectivity index (χ4n) is 5.67. The Bertz CT molecular complexity index is 1600. The van der Waals surface area contributed by atoms with Gasteiger partial charge in [0, 0.05) is 51.1 Å². The van der Waals surface area contributed by atoms with Crippen LogP contribution in [0.2, 0.25) is 0 Å². The van der Waals surface area contributed by atoms with E-state index in [1.807, 2.05) is 78.6 Å². The van der Waals surface area contributed by atoms with Crippen LogP contribution in [0.3, 0.4) is 0 Å². The van der Waals surface area contributed by atoms with Gasteiger partial charge in [0.15, 0.2) is 0 Å². The van der Waals surface area contributed by atoms with Crippen LogP contribution in [-0.4, -0.2) is 60.7 Å². The lowest BCUT2D eigenvalue weighted by atomic mass is 9.94. The van der Waals surface area contributed by atoms with Crippen molar-refractivity contribution in [1.29, 1.82) is 0 Å². The van der Waals surface area contributed by atoms with Crippen LogP contribution in [0.1, 0.15) is 51.1 Å².